The molecule has 5 heteroatoms. The van der Waals surface area contributed by atoms with Crippen molar-refractivity contribution < 1.29 is 4.52 Å². The Balaban J connectivity index is 1.86. The van der Waals surface area contributed by atoms with Gasteiger partial charge in [0, 0.05) is 6.42 Å². The Bertz CT molecular complexity index is 736. The van der Waals surface area contributed by atoms with Crippen molar-refractivity contribution in [2.24, 2.45) is 0 Å². The van der Waals surface area contributed by atoms with E-state index in [1.54, 1.807) is 12.1 Å². The van der Waals surface area contributed by atoms with E-state index in [0.717, 1.165) is 0 Å². The third-order valence-corrected chi connectivity index (χ3v) is 3.07. The van der Waals surface area contributed by atoms with Gasteiger partial charge in [0.2, 0.25) is 0 Å². The van der Waals surface area contributed by atoms with Gasteiger partial charge in [-0.25, -0.2) is 4.98 Å². The van der Waals surface area contributed by atoms with Gasteiger partial charge in [-0.2, -0.15) is 4.98 Å². The summed E-state index contributed by atoms with van der Waals surface area (Å²) >= 11 is 0. The lowest BCUT2D eigenvalue weighted by molar-refractivity contribution is 0.422. The summed E-state index contributed by atoms with van der Waals surface area (Å²) in [5.41, 5.74) is 8.63. The van der Waals surface area contributed by atoms with Gasteiger partial charge in [-0.3, -0.25) is 0 Å². The SMILES string of the molecule is Cc1ccccc1Cc1noc(-c2cccc(N)n2)n1. The molecule has 0 bridgehead atoms. The molecule has 5 nitrogen and oxygen atoms in total. The van der Waals surface area contributed by atoms with Crippen LogP contribution in [0.25, 0.3) is 11.6 Å². The van der Waals surface area contributed by atoms with Crippen molar-refractivity contribution >= 4 is 5.82 Å². The first-order valence-corrected chi connectivity index (χ1v) is 6.32. The largest absolute Gasteiger partial charge is 0.384 e. The molecule has 2 N–H and O–H groups in total. The molecule has 0 aliphatic carbocycles. The predicted molar refractivity (Wildman–Crippen MR) is 75.9 cm³/mol. The number of nitrogen functional groups attached to an aromatic ring is 1. The maximum Gasteiger partial charge on any atom is 0.276 e. The fraction of sp³-hybridized carbons (Fsp3) is 0.133. The molecule has 100 valence electrons. The van der Waals surface area contributed by atoms with Crippen LogP contribution in [0.1, 0.15) is 17.0 Å². The summed E-state index contributed by atoms with van der Waals surface area (Å²) in [7, 11) is 0. The Kier molecular flexibility index (Phi) is 3.16. The van der Waals surface area contributed by atoms with E-state index < -0.39 is 0 Å². The first-order chi connectivity index (χ1) is 9.72. The summed E-state index contributed by atoms with van der Waals surface area (Å²) in [6.07, 6.45) is 0.637. The number of aryl methyl sites for hydroxylation is 1. The van der Waals surface area contributed by atoms with Crippen LogP contribution in [0.3, 0.4) is 0 Å². The molecular formula is C15H14N4O. The van der Waals surface area contributed by atoms with Crippen LogP contribution in [0.2, 0.25) is 0 Å². The number of rotatable bonds is 3. The minimum atomic E-state index is 0.390. The van der Waals surface area contributed by atoms with Gasteiger partial charge in [0.15, 0.2) is 5.82 Å². The molecule has 0 fully saturated rings. The quantitative estimate of drug-likeness (QED) is 0.788. The first-order valence-electron chi connectivity index (χ1n) is 6.32. The zero-order valence-corrected chi connectivity index (χ0v) is 11.1. The molecule has 0 unspecified atom stereocenters. The van der Waals surface area contributed by atoms with Crippen molar-refractivity contribution in [2.45, 2.75) is 13.3 Å². The van der Waals surface area contributed by atoms with Crippen molar-refractivity contribution in [1.29, 1.82) is 0 Å². The molecule has 3 aromatic rings. The number of pyridine rings is 1. The highest BCUT2D eigenvalue weighted by molar-refractivity contribution is 5.50. The van der Waals surface area contributed by atoms with Gasteiger partial charge in [0.05, 0.1) is 0 Å². The molecule has 0 aliphatic rings. The second kappa shape index (κ2) is 5.13. The van der Waals surface area contributed by atoms with Crippen molar-refractivity contribution in [3.63, 3.8) is 0 Å². The molecular weight excluding hydrogens is 252 g/mol. The summed E-state index contributed by atoms with van der Waals surface area (Å²) < 4.78 is 5.24. The van der Waals surface area contributed by atoms with Crippen LogP contribution < -0.4 is 5.73 Å². The highest BCUT2D eigenvalue weighted by Crippen LogP contribution is 2.17. The zero-order chi connectivity index (χ0) is 13.9. The number of nitrogens with zero attached hydrogens (tertiary/aromatic N) is 3. The van der Waals surface area contributed by atoms with E-state index in [2.05, 4.69) is 34.2 Å². The Hall–Kier alpha value is -2.69. The van der Waals surface area contributed by atoms with E-state index in [1.807, 2.05) is 18.2 Å². The Morgan fingerprint density at radius 2 is 1.90 bits per heavy atom. The molecule has 0 spiro atoms. The van der Waals surface area contributed by atoms with Crippen LogP contribution in [0.15, 0.2) is 47.0 Å². The van der Waals surface area contributed by atoms with Crippen LogP contribution in [0.5, 0.6) is 0 Å². The normalized spacial score (nSPS) is 10.7. The lowest BCUT2D eigenvalue weighted by Gasteiger charge is -2.00. The summed E-state index contributed by atoms with van der Waals surface area (Å²) in [5, 5.41) is 3.99. The van der Waals surface area contributed by atoms with E-state index in [0.29, 0.717) is 29.6 Å². The number of aromatic nitrogens is 3. The van der Waals surface area contributed by atoms with E-state index in [1.165, 1.54) is 11.1 Å². The smallest absolute Gasteiger partial charge is 0.276 e. The molecule has 2 heterocycles. The topological polar surface area (TPSA) is 77.8 Å². The minimum Gasteiger partial charge on any atom is -0.384 e. The monoisotopic (exact) mass is 266 g/mol. The van der Waals surface area contributed by atoms with Gasteiger partial charge in [-0.15, -0.1) is 0 Å². The molecule has 20 heavy (non-hydrogen) atoms. The van der Waals surface area contributed by atoms with Gasteiger partial charge in [-0.05, 0) is 30.2 Å². The maximum absolute atomic E-state index is 5.65. The molecule has 0 saturated carbocycles. The number of hydrogen-bond donors (Lipinski definition) is 1. The van der Waals surface area contributed by atoms with Crippen molar-refractivity contribution in [2.75, 3.05) is 5.73 Å². The Labute approximate surface area is 116 Å². The average molecular weight is 266 g/mol. The van der Waals surface area contributed by atoms with Gasteiger partial charge in [0.25, 0.3) is 5.89 Å². The molecule has 2 aromatic heterocycles. The van der Waals surface area contributed by atoms with Crippen molar-refractivity contribution in [1.82, 2.24) is 15.1 Å². The van der Waals surface area contributed by atoms with Gasteiger partial charge < -0.3 is 10.3 Å². The second-order valence-corrected chi connectivity index (χ2v) is 4.57. The molecule has 0 saturated heterocycles. The molecule has 0 amide bonds. The number of anilines is 1. The lowest BCUT2D eigenvalue weighted by atomic mass is 10.1. The zero-order valence-electron chi connectivity index (χ0n) is 11.1. The first kappa shape index (κ1) is 12.3. The van der Waals surface area contributed by atoms with Gasteiger partial charge >= 0.3 is 0 Å². The highest BCUT2D eigenvalue weighted by atomic mass is 16.5. The fourth-order valence-electron chi connectivity index (χ4n) is 1.98. The lowest BCUT2D eigenvalue weighted by Crippen LogP contribution is -1.94. The fourth-order valence-corrected chi connectivity index (χ4v) is 1.98. The molecule has 1 aromatic carbocycles. The second-order valence-electron chi connectivity index (χ2n) is 4.57. The van der Waals surface area contributed by atoms with Gasteiger partial charge in [-0.1, -0.05) is 35.5 Å². The van der Waals surface area contributed by atoms with Gasteiger partial charge in [0.1, 0.15) is 11.5 Å². The van der Waals surface area contributed by atoms with Crippen LogP contribution in [-0.4, -0.2) is 15.1 Å². The van der Waals surface area contributed by atoms with Crippen molar-refractivity contribution in [3.8, 4) is 11.6 Å². The number of hydrogen-bond acceptors (Lipinski definition) is 5. The van der Waals surface area contributed by atoms with Crippen LogP contribution in [-0.2, 0) is 6.42 Å². The maximum atomic E-state index is 5.65. The molecule has 3 rings (SSSR count). The van der Waals surface area contributed by atoms with Crippen LogP contribution in [0.4, 0.5) is 5.82 Å². The number of benzene rings is 1. The van der Waals surface area contributed by atoms with Crippen LogP contribution in [0, 0.1) is 6.92 Å². The minimum absolute atomic E-state index is 0.390. The molecule has 0 atom stereocenters. The average Bonchev–Trinajstić information content (AvgIpc) is 2.90. The predicted octanol–water partition coefficient (Wildman–Crippen LogP) is 2.61. The third kappa shape index (κ3) is 2.51. The summed E-state index contributed by atoms with van der Waals surface area (Å²) in [6.45, 7) is 2.07. The third-order valence-electron chi connectivity index (χ3n) is 3.07. The molecule has 0 radical (unpaired) electrons. The van der Waals surface area contributed by atoms with Crippen LogP contribution >= 0.6 is 0 Å². The Morgan fingerprint density at radius 3 is 2.70 bits per heavy atom. The van der Waals surface area contributed by atoms with E-state index in [4.69, 9.17) is 10.3 Å². The molecule has 0 aliphatic heterocycles. The highest BCUT2D eigenvalue weighted by Gasteiger charge is 2.11. The standard InChI is InChI=1S/C15H14N4O/c1-10-5-2-3-6-11(10)9-14-18-15(20-19-14)12-7-4-8-13(16)17-12/h2-8H,9H2,1H3,(H2,16,17). The van der Waals surface area contributed by atoms with E-state index >= 15 is 0 Å². The number of nitrogens with two attached hydrogens (primary N) is 1. The Morgan fingerprint density at radius 1 is 1.05 bits per heavy atom. The van der Waals surface area contributed by atoms with E-state index in [9.17, 15) is 0 Å². The van der Waals surface area contributed by atoms with Crippen molar-refractivity contribution in [3.05, 3.63) is 59.4 Å². The van der Waals surface area contributed by atoms with E-state index in [-0.39, 0.29) is 0 Å². The summed E-state index contributed by atoms with van der Waals surface area (Å²) in [5.74, 6) is 1.46. The summed E-state index contributed by atoms with van der Waals surface area (Å²) in [4.78, 5) is 8.53. The summed E-state index contributed by atoms with van der Waals surface area (Å²) in [6, 6.07) is 13.5.